The Balaban J connectivity index is 1.56. The highest BCUT2D eigenvalue weighted by molar-refractivity contribution is 6.34. The molecular formula is C26H26ClF2N3O4. The van der Waals surface area contributed by atoms with Crippen LogP contribution >= 0.6 is 11.6 Å². The quantitative estimate of drug-likeness (QED) is 0.437. The van der Waals surface area contributed by atoms with Crippen LogP contribution in [-0.4, -0.2) is 61.0 Å². The third-order valence-corrected chi connectivity index (χ3v) is 6.59. The Bertz CT molecular complexity index is 1360. The van der Waals surface area contributed by atoms with E-state index in [1.165, 1.54) is 25.4 Å². The lowest BCUT2D eigenvalue weighted by Crippen LogP contribution is -2.59. The largest absolute Gasteiger partial charge is 0.496 e. The van der Waals surface area contributed by atoms with Crippen LogP contribution in [0.3, 0.4) is 0 Å². The number of anilines is 1. The number of ether oxygens (including phenoxy) is 3. The first-order chi connectivity index (χ1) is 17.1. The number of carbonyl (C=O) groups excluding carboxylic acids is 1. The van der Waals surface area contributed by atoms with E-state index in [1.807, 2.05) is 20.8 Å². The second kappa shape index (κ2) is 8.96. The molecule has 7 nitrogen and oxygen atoms in total. The van der Waals surface area contributed by atoms with Crippen molar-refractivity contribution in [2.75, 3.05) is 38.3 Å². The summed E-state index contributed by atoms with van der Waals surface area (Å²) in [5.74, 6) is -0.752. The fraction of sp³-hybridized carbons (Fsp3) is 0.385. The number of methoxy groups -OCH3 is 1. The number of carbonyl (C=O) groups is 1. The first-order valence-corrected chi connectivity index (χ1v) is 12.0. The molecule has 36 heavy (non-hydrogen) atoms. The van der Waals surface area contributed by atoms with Gasteiger partial charge in [-0.05, 0) is 39.0 Å². The van der Waals surface area contributed by atoms with Gasteiger partial charge in [-0.3, -0.25) is 0 Å². The van der Waals surface area contributed by atoms with Crippen molar-refractivity contribution < 1.29 is 27.8 Å². The Labute approximate surface area is 212 Å². The molecule has 1 fully saturated rings. The monoisotopic (exact) mass is 517 g/mol. The summed E-state index contributed by atoms with van der Waals surface area (Å²) in [6.45, 7) is 7.10. The van der Waals surface area contributed by atoms with Gasteiger partial charge in [-0.15, -0.1) is 0 Å². The molecule has 0 N–H and O–H groups in total. The van der Waals surface area contributed by atoms with Crippen LogP contribution in [0.25, 0.3) is 22.0 Å². The predicted octanol–water partition coefficient (Wildman–Crippen LogP) is 5.66. The highest BCUT2D eigenvalue weighted by Crippen LogP contribution is 2.46. The van der Waals surface area contributed by atoms with Gasteiger partial charge in [-0.25, -0.2) is 18.6 Å². The van der Waals surface area contributed by atoms with Crippen LogP contribution in [0.15, 0.2) is 30.5 Å². The smallest absolute Gasteiger partial charge is 0.410 e. The van der Waals surface area contributed by atoms with E-state index in [0.717, 1.165) is 0 Å². The zero-order valence-corrected chi connectivity index (χ0v) is 21.2. The maximum absolute atomic E-state index is 15.9. The highest BCUT2D eigenvalue weighted by Gasteiger charge is 2.38. The second-order valence-corrected chi connectivity index (χ2v) is 10.2. The number of hydrogen-bond acceptors (Lipinski definition) is 6. The average Bonchev–Trinajstić information content (AvgIpc) is 2.83. The molecular weight excluding hydrogens is 492 g/mol. The molecule has 0 aliphatic carbocycles. The summed E-state index contributed by atoms with van der Waals surface area (Å²) in [6.07, 6.45) is 1.08. The predicted molar refractivity (Wildman–Crippen MR) is 133 cm³/mol. The van der Waals surface area contributed by atoms with Gasteiger partial charge in [0.05, 0.1) is 35.6 Å². The van der Waals surface area contributed by atoms with Crippen molar-refractivity contribution in [3.05, 3.63) is 47.1 Å². The summed E-state index contributed by atoms with van der Waals surface area (Å²) >= 11 is 6.57. The summed E-state index contributed by atoms with van der Waals surface area (Å²) in [5.41, 5.74) is -0.0950. The number of fused-ring (bicyclic) bond motifs is 5. The molecule has 2 aliphatic rings. The summed E-state index contributed by atoms with van der Waals surface area (Å²) < 4.78 is 47.5. The van der Waals surface area contributed by atoms with Crippen molar-refractivity contribution in [1.82, 2.24) is 9.88 Å². The zero-order valence-electron chi connectivity index (χ0n) is 20.4. The van der Waals surface area contributed by atoms with E-state index in [0.29, 0.717) is 43.1 Å². The van der Waals surface area contributed by atoms with E-state index < -0.39 is 17.2 Å². The van der Waals surface area contributed by atoms with Crippen molar-refractivity contribution in [1.29, 1.82) is 0 Å². The number of halogens is 3. The van der Waals surface area contributed by atoms with E-state index in [2.05, 4.69) is 9.88 Å². The summed E-state index contributed by atoms with van der Waals surface area (Å²) in [7, 11) is 1.38. The number of nitrogens with zero attached hydrogens (tertiary/aromatic N) is 3. The molecule has 2 aromatic carbocycles. The molecule has 0 saturated carbocycles. The second-order valence-electron chi connectivity index (χ2n) is 9.82. The fourth-order valence-electron chi connectivity index (χ4n) is 4.75. The number of benzene rings is 2. The van der Waals surface area contributed by atoms with E-state index in [1.54, 1.807) is 17.0 Å². The number of piperazine rings is 1. The Morgan fingerprint density at radius 2 is 2.00 bits per heavy atom. The van der Waals surface area contributed by atoms with Gasteiger partial charge in [-0.1, -0.05) is 17.7 Å². The Kier molecular flexibility index (Phi) is 6.06. The summed E-state index contributed by atoms with van der Waals surface area (Å²) in [4.78, 5) is 20.6. The fourth-order valence-corrected chi connectivity index (χ4v) is 5.04. The van der Waals surface area contributed by atoms with Crippen LogP contribution in [0.5, 0.6) is 11.5 Å². The van der Waals surface area contributed by atoms with Crippen molar-refractivity contribution in [2.24, 2.45) is 0 Å². The molecule has 1 amide bonds. The lowest BCUT2D eigenvalue weighted by atomic mass is 9.99. The molecule has 0 unspecified atom stereocenters. The highest BCUT2D eigenvalue weighted by atomic mass is 35.5. The van der Waals surface area contributed by atoms with E-state index in [-0.39, 0.29) is 39.6 Å². The molecule has 3 heterocycles. The van der Waals surface area contributed by atoms with E-state index in [4.69, 9.17) is 25.8 Å². The number of rotatable bonds is 2. The Morgan fingerprint density at radius 3 is 2.72 bits per heavy atom. The molecule has 3 aromatic rings. The number of pyridine rings is 1. The first-order valence-electron chi connectivity index (χ1n) is 11.6. The number of hydrogen-bond donors (Lipinski definition) is 0. The maximum Gasteiger partial charge on any atom is 0.410 e. The van der Waals surface area contributed by atoms with Gasteiger partial charge >= 0.3 is 6.09 Å². The molecule has 2 aliphatic heterocycles. The standard InChI is InChI=1S/C26H26ClF2N3O4/c1-26(2,3)36-25(33)31-8-9-32-14(12-31)13-35-19-11-30-23-15(24(19)32)10-16(27)20(22(23)29)21-17(28)6-5-7-18(21)34-4/h5-7,10-11,14H,8-9,12-13H2,1-4H3/t14-/m1/s1. The van der Waals surface area contributed by atoms with E-state index in [9.17, 15) is 9.18 Å². The van der Waals surface area contributed by atoms with Crippen molar-refractivity contribution in [3.63, 3.8) is 0 Å². The first kappa shape index (κ1) is 24.4. The van der Waals surface area contributed by atoms with Crippen LogP contribution in [0.2, 0.25) is 5.02 Å². The molecule has 0 bridgehead atoms. The number of aromatic nitrogens is 1. The molecule has 1 atom stereocenters. The Morgan fingerprint density at radius 1 is 1.22 bits per heavy atom. The van der Waals surface area contributed by atoms with Gasteiger partial charge in [-0.2, -0.15) is 0 Å². The van der Waals surface area contributed by atoms with E-state index >= 15 is 4.39 Å². The van der Waals surface area contributed by atoms with Crippen molar-refractivity contribution >= 4 is 34.3 Å². The lowest BCUT2D eigenvalue weighted by Gasteiger charge is -2.45. The third kappa shape index (κ3) is 4.15. The van der Waals surface area contributed by atoms with Gasteiger partial charge < -0.3 is 24.0 Å². The van der Waals surface area contributed by atoms with Gasteiger partial charge in [0.15, 0.2) is 11.6 Å². The van der Waals surface area contributed by atoms with Crippen LogP contribution in [0, 0.1) is 11.6 Å². The van der Waals surface area contributed by atoms with Crippen LogP contribution in [0.1, 0.15) is 20.8 Å². The molecule has 0 radical (unpaired) electrons. The van der Waals surface area contributed by atoms with Gasteiger partial charge in [0, 0.05) is 30.6 Å². The molecule has 0 spiro atoms. The van der Waals surface area contributed by atoms with Crippen LogP contribution in [0.4, 0.5) is 19.3 Å². The minimum Gasteiger partial charge on any atom is -0.496 e. The topological polar surface area (TPSA) is 64.1 Å². The maximum atomic E-state index is 15.9. The van der Waals surface area contributed by atoms with Crippen LogP contribution in [-0.2, 0) is 4.74 Å². The van der Waals surface area contributed by atoms with Gasteiger partial charge in [0.1, 0.15) is 29.3 Å². The van der Waals surface area contributed by atoms with Crippen molar-refractivity contribution in [3.8, 4) is 22.6 Å². The minimum absolute atomic E-state index is 0.0214. The molecule has 1 saturated heterocycles. The SMILES string of the molecule is COc1cccc(F)c1-c1c(Cl)cc2c3c(cnc2c1F)OC[C@H]1CN(C(=O)OC(C)(C)C)CCN31. The third-order valence-electron chi connectivity index (χ3n) is 6.29. The van der Waals surface area contributed by atoms with Gasteiger partial charge in [0.25, 0.3) is 0 Å². The minimum atomic E-state index is -0.752. The normalized spacial score (nSPS) is 17.4. The number of amides is 1. The molecule has 10 heteroatoms. The van der Waals surface area contributed by atoms with Crippen LogP contribution < -0.4 is 14.4 Å². The summed E-state index contributed by atoms with van der Waals surface area (Å²) in [5, 5.41) is 0.470. The lowest BCUT2D eigenvalue weighted by molar-refractivity contribution is 0.0195. The molecule has 190 valence electrons. The zero-order chi connectivity index (χ0) is 25.8. The average molecular weight is 518 g/mol. The van der Waals surface area contributed by atoms with Gasteiger partial charge in [0.2, 0.25) is 0 Å². The molecule has 1 aromatic heterocycles. The molecule has 5 rings (SSSR count). The Hall–Kier alpha value is -3.33. The van der Waals surface area contributed by atoms with Crippen molar-refractivity contribution in [2.45, 2.75) is 32.4 Å². The summed E-state index contributed by atoms with van der Waals surface area (Å²) in [6, 6.07) is 5.66.